The molecule has 0 spiro atoms. The van der Waals surface area contributed by atoms with E-state index >= 15 is 0 Å². The summed E-state index contributed by atoms with van der Waals surface area (Å²) < 4.78 is 0. The monoisotopic (exact) mass is 305 g/mol. The summed E-state index contributed by atoms with van der Waals surface area (Å²) in [6, 6.07) is 0.538. The first-order chi connectivity index (χ1) is 7.83. The summed E-state index contributed by atoms with van der Waals surface area (Å²) in [6.07, 6.45) is 5.90. The summed E-state index contributed by atoms with van der Waals surface area (Å²) in [4.78, 5) is 14.5. The molecule has 0 saturated carbocycles. The van der Waals surface area contributed by atoms with Crippen LogP contribution in [0, 0.1) is 5.92 Å². The number of amides is 1. The van der Waals surface area contributed by atoms with E-state index in [0.29, 0.717) is 17.9 Å². The minimum Gasteiger partial charge on any atom is -0.339 e. The third-order valence-electron chi connectivity index (χ3n) is 3.61. The van der Waals surface area contributed by atoms with Crippen LogP contribution in [0.5, 0.6) is 0 Å². The Balaban J connectivity index is 1.88. The first-order valence-corrected chi connectivity index (χ1v) is 8.54. The highest BCUT2D eigenvalue weighted by Crippen LogP contribution is 2.29. The van der Waals surface area contributed by atoms with Crippen molar-refractivity contribution in [2.75, 3.05) is 23.4 Å². The van der Waals surface area contributed by atoms with E-state index in [9.17, 15) is 4.79 Å². The van der Waals surface area contributed by atoms with Crippen molar-refractivity contribution < 1.29 is 4.79 Å². The molecule has 2 aliphatic heterocycles. The molecule has 0 bridgehead atoms. The van der Waals surface area contributed by atoms with Crippen molar-refractivity contribution >= 4 is 33.6 Å². The molecule has 4 heteroatoms. The number of hydrogen-bond donors (Lipinski definition) is 0. The smallest absolute Gasteiger partial charge is 0.226 e. The predicted molar refractivity (Wildman–Crippen MR) is 73.2 cm³/mol. The topological polar surface area (TPSA) is 20.3 Å². The van der Waals surface area contributed by atoms with Crippen LogP contribution in [0.15, 0.2) is 0 Å². The first kappa shape index (κ1) is 12.7. The fourth-order valence-corrected chi connectivity index (χ4v) is 4.24. The molecule has 1 amide bonds. The fraction of sp³-hybridized carbons (Fsp3) is 0.917. The zero-order chi connectivity index (χ0) is 11.4. The number of likely N-dealkylation sites (tertiary alicyclic amines) is 1. The third kappa shape index (κ3) is 2.95. The van der Waals surface area contributed by atoms with Crippen LogP contribution in [-0.4, -0.2) is 40.2 Å². The number of carbonyl (C=O) groups is 1. The van der Waals surface area contributed by atoms with Crippen molar-refractivity contribution in [3.8, 4) is 0 Å². The van der Waals surface area contributed by atoms with Crippen molar-refractivity contribution in [1.29, 1.82) is 0 Å². The van der Waals surface area contributed by atoms with Crippen LogP contribution in [0.4, 0.5) is 0 Å². The van der Waals surface area contributed by atoms with Crippen molar-refractivity contribution in [2.24, 2.45) is 5.92 Å². The number of rotatable bonds is 4. The minimum atomic E-state index is 0.328. The molecule has 0 aromatic carbocycles. The Kier molecular flexibility index (Phi) is 5.01. The van der Waals surface area contributed by atoms with Gasteiger partial charge >= 0.3 is 0 Å². The summed E-state index contributed by atoms with van der Waals surface area (Å²) in [5, 5.41) is 1.06. The molecule has 2 heterocycles. The second-order valence-corrected chi connectivity index (χ2v) is 6.66. The SMILES string of the molecule is O=C(C1CCSC1)N1CCCC1CCCBr. The van der Waals surface area contributed by atoms with E-state index in [1.165, 1.54) is 31.4 Å². The van der Waals surface area contributed by atoms with Gasteiger partial charge in [-0.25, -0.2) is 0 Å². The number of alkyl halides is 1. The number of halogens is 1. The lowest BCUT2D eigenvalue weighted by molar-refractivity contribution is -0.135. The van der Waals surface area contributed by atoms with Gasteiger partial charge in [0.05, 0.1) is 0 Å². The number of carbonyl (C=O) groups excluding carboxylic acids is 1. The first-order valence-electron chi connectivity index (χ1n) is 6.27. The lowest BCUT2D eigenvalue weighted by Crippen LogP contribution is -2.39. The highest BCUT2D eigenvalue weighted by Gasteiger charge is 2.33. The lowest BCUT2D eigenvalue weighted by atomic mass is 10.1. The Morgan fingerprint density at radius 1 is 1.44 bits per heavy atom. The molecule has 0 aliphatic carbocycles. The van der Waals surface area contributed by atoms with Crippen LogP contribution in [0.3, 0.4) is 0 Å². The van der Waals surface area contributed by atoms with Crippen LogP contribution in [-0.2, 0) is 4.79 Å². The minimum absolute atomic E-state index is 0.328. The van der Waals surface area contributed by atoms with E-state index in [1.54, 1.807) is 0 Å². The summed E-state index contributed by atoms with van der Waals surface area (Å²) >= 11 is 5.41. The maximum absolute atomic E-state index is 12.3. The number of nitrogens with zero attached hydrogens (tertiary/aromatic N) is 1. The van der Waals surface area contributed by atoms with Crippen LogP contribution in [0.1, 0.15) is 32.1 Å². The van der Waals surface area contributed by atoms with Crippen molar-refractivity contribution in [3.63, 3.8) is 0 Å². The Labute approximate surface area is 111 Å². The quantitative estimate of drug-likeness (QED) is 0.744. The Morgan fingerprint density at radius 3 is 3.00 bits per heavy atom. The average Bonchev–Trinajstić information content (AvgIpc) is 2.96. The number of thioether (sulfide) groups is 1. The van der Waals surface area contributed by atoms with Crippen LogP contribution >= 0.6 is 27.7 Å². The van der Waals surface area contributed by atoms with Crippen LogP contribution in [0.25, 0.3) is 0 Å². The second-order valence-electron chi connectivity index (χ2n) is 4.72. The third-order valence-corrected chi connectivity index (χ3v) is 5.33. The van der Waals surface area contributed by atoms with Gasteiger partial charge in [0.15, 0.2) is 0 Å². The standard InChI is InChI=1S/C12H20BrNOS/c13-6-1-3-11-4-2-7-14(11)12(15)10-5-8-16-9-10/h10-11H,1-9H2. The molecule has 2 unspecified atom stereocenters. The van der Waals surface area contributed by atoms with Gasteiger partial charge in [0.2, 0.25) is 5.91 Å². The highest BCUT2D eigenvalue weighted by atomic mass is 79.9. The van der Waals surface area contributed by atoms with E-state index in [4.69, 9.17) is 0 Å². The molecule has 2 nitrogen and oxygen atoms in total. The molecule has 0 aromatic rings. The van der Waals surface area contributed by atoms with Crippen molar-refractivity contribution in [1.82, 2.24) is 4.90 Å². The molecule has 0 radical (unpaired) electrons. The Hall–Kier alpha value is 0.300. The van der Waals surface area contributed by atoms with Gasteiger partial charge in [0.25, 0.3) is 0 Å². The molecule has 2 saturated heterocycles. The van der Waals surface area contributed by atoms with E-state index in [1.807, 2.05) is 11.8 Å². The van der Waals surface area contributed by atoms with Gasteiger partial charge in [-0.1, -0.05) is 15.9 Å². The number of hydrogen-bond acceptors (Lipinski definition) is 2. The van der Waals surface area contributed by atoms with Gasteiger partial charge in [-0.05, 0) is 37.9 Å². The molecule has 0 aromatic heterocycles. The van der Waals surface area contributed by atoms with Crippen LogP contribution < -0.4 is 0 Å². The highest BCUT2D eigenvalue weighted by molar-refractivity contribution is 9.09. The van der Waals surface area contributed by atoms with E-state index < -0.39 is 0 Å². The van der Waals surface area contributed by atoms with Gasteiger partial charge in [-0.3, -0.25) is 4.79 Å². The van der Waals surface area contributed by atoms with Gasteiger partial charge in [-0.2, -0.15) is 11.8 Å². The average molecular weight is 306 g/mol. The molecular weight excluding hydrogens is 286 g/mol. The molecule has 92 valence electrons. The van der Waals surface area contributed by atoms with E-state index in [0.717, 1.165) is 24.0 Å². The van der Waals surface area contributed by atoms with Crippen molar-refractivity contribution in [3.05, 3.63) is 0 Å². The van der Waals surface area contributed by atoms with Gasteiger partial charge in [-0.15, -0.1) is 0 Å². The molecule has 2 fully saturated rings. The maximum Gasteiger partial charge on any atom is 0.226 e. The Bertz CT molecular complexity index is 243. The second kappa shape index (κ2) is 6.29. The van der Waals surface area contributed by atoms with Crippen molar-refractivity contribution in [2.45, 2.75) is 38.1 Å². The lowest BCUT2D eigenvalue weighted by Gasteiger charge is -2.27. The summed E-state index contributed by atoms with van der Waals surface area (Å²) in [7, 11) is 0. The molecule has 2 rings (SSSR count). The molecule has 2 atom stereocenters. The van der Waals surface area contributed by atoms with Gasteiger partial charge < -0.3 is 4.90 Å². The fourth-order valence-electron chi connectivity index (χ4n) is 2.70. The van der Waals surface area contributed by atoms with E-state index in [-0.39, 0.29) is 0 Å². The Morgan fingerprint density at radius 2 is 2.31 bits per heavy atom. The molecular formula is C12H20BrNOS. The normalized spacial score (nSPS) is 29.9. The van der Waals surface area contributed by atoms with Gasteiger partial charge in [0, 0.05) is 29.6 Å². The largest absolute Gasteiger partial charge is 0.339 e. The maximum atomic E-state index is 12.3. The summed E-state index contributed by atoms with van der Waals surface area (Å²) in [6.45, 7) is 1.01. The zero-order valence-electron chi connectivity index (χ0n) is 9.66. The van der Waals surface area contributed by atoms with Crippen LogP contribution in [0.2, 0.25) is 0 Å². The predicted octanol–water partition coefficient (Wildman–Crippen LogP) is 2.91. The summed E-state index contributed by atoms with van der Waals surface area (Å²) in [5.41, 5.74) is 0. The molecule has 0 N–H and O–H groups in total. The zero-order valence-corrected chi connectivity index (χ0v) is 12.1. The molecule has 16 heavy (non-hydrogen) atoms. The summed E-state index contributed by atoms with van der Waals surface area (Å²) in [5.74, 6) is 3.01. The molecule has 2 aliphatic rings. The van der Waals surface area contributed by atoms with E-state index in [2.05, 4.69) is 20.8 Å². The van der Waals surface area contributed by atoms with Gasteiger partial charge in [0.1, 0.15) is 0 Å².